The van der Waals surface area contributed by atoms with Crippen LogP contribution in [0.1, 0.15) is 60.1 Å². The van der Waals surface area contributed by atoms with Gasteiger partial charge in [0.1, 0.15) is 17.7 Å². The molecule has 2 aromatic carbocycles. The molecule has 2 amide bonds. The minimum absolute atomic E-state index is 0.0779. The second-order valence-corrected chi connectivity index (χ2v) is 11.5. The van der Waals surface area contributed by atoms with Crippen molar-refractivity contribution in [3.63, 3.8) is 0 Å². The van der Waals surface area contributed by atoms with Crippen LogP contribution in [-0.2, 0) is 20.6 Å². The van der Waals surface area contributed by atoms with Crippen molar-refractivity contribution in [2.75, 3.05) is 12.8 Å². The van der Waals surface area contributed by atoms with E-state index in [2.05, 4.69) is 5.32 Å². The van der Waals surface area contributed by atoms with Crippen molar-refractivity contribution in [3.05, 3.63) is 64.7 Å². The van der Waals surface area contributed by atoms with E-state index in [0.717, 1.165) is 36.6 Å². The molecule has 1 aliphatic heterocycles. The fraction of sp³-hybridized carbons (Fsp3) is 0.440. The van der Waals surface area contributed by atoms with Crippen LogP contribution in [0.15, 0.2) is 41.3 Å². The molecule has 36 heavy (non-hydrogen) atoms. The molecule has 11 heteroatoms. The second-order valence-electron chi connectivity index (χ2n) is 9.52. The first kappa shape index (κ1) is 26.1. The van der Waals surface area contributed by atoms with Crippen molar-refractivity contribution >= 4 is 21.7 Å². The van der Waals surface area contributed by atoms with E-state index in [1.807, 2.05) is 0 Å². The molecule has 2 atom stereocenters. The molecule has 0 unspecified atom stereocenters. The van der Waals surface area contributed by atoms with Crippen LogP contribution in [0, 0.1) is 17.6 Å². The number of carbonyl (C=O) groups is 2. The van der Waals surface area contributed by atoms with E-state index in [1.54, 1.807) is 0 Å². The Morgan fingerprint density at radius 3 is 2.33 bits per heavy atom. The van der Waals surface area contributed by atoms with E-state index in [4.69, 9.17) is 0 Å². The van der Waals surface area contributed by atoms with E-state index in [0.29, 0.717) is 26.2 Å². The Kier molecular flexibility index (Phi) is 6.89. The van der Waals surface area contributed by atoms with Gasteiger partial charge in [-0.2, -0.15) is 0 Å². The summed E-state index contributed by atoms with van der Waals surface area (Å²) in [4.78, 5) is 27.3. The first-order chi connectivity index (χ1) is 16.8. The maximum atomic E-state index is 14.8. The lowest BCUT2D eigenvalue weighted by molar-refractivity contribution is -0.125. The molecular formula is C25H26F4N2O4S. The highest BCUT2D eigenvalue weighted by Gasteiger charge is 2.40. The maximum absolute atomic E-state index is 14.8. The summed E-state index contributed by atoms with van der Waals surface area (Å²) in [6.45, 7) is 0.823. The van der Waals surface area contributed by atoms with E-state index >= 15 is 0 Å². The van der Waals surface area contributed by atoms with Gasteiger partial charge in [0.2, 0.25) is 5.91 Å². The zero-order valence-corrected chi connectivity index (χ0v) is 20.5. The Bertz CT molecular complexity index is 1310. The molecule has 0 bridgehead atoms. The van der Waals surface area contributed by atoms with E-state index in [-0.39, 0.29) is 29.3 Å². The summed E-state index contributed by atoms with van der Waals surface area (Å²) in [5.41, 5.74) is -0.851. The topological polar surface area (TPSA) is 83.6 Å². The molecule has 2 aliphatic rings. The molecule has 6 nitrogen and oxygen atoms in total. The van der Waals surface area contributed by atoms with E-state index in [9.17, 15) is 35.6 Å². The highest BCUT2D eigenvalue weighted by atomic mass is 32.2. The number of halogens is 4. The fourth-order valence-corrected chi connectivity index (χ4v) is 5.16. The molecular weight excluding hydrogens is 500 g/mol. The van der Waals surface area contributed by atoms with Gasteiger partial charge in [0.15, 0.2) is 9.84 Å². The summed E-state index contributed by atoms with van der Waals surface area (Å²) < 4.78 is 80.2. The molecule has 0 spiro atoms. The Labute approximate surface area is 206 Å². The molecule has 1 saturated heterocycles. The monoisotopic (exact) mass is 526 g/mol. The molecule has 2 aromatic rings. The molecule has 1 N–H and O–H groups in total. The number of hydrogen-bond acceptors (Lipinski definition) is 4. The lowest BCUT2D eigenvalue weighted by Crippen LogP contribution is -2.47. The number of nitrogens with one attached hydrogen (secondary N) is 1. The normalized spacial score (nSPS) is 19.3. The van der Waals surface area contributed by atoms with Crippen LogP contribution in [0.4, 0.5) is 17.6 Å². The molecule has 0 radical (unpaired) electrons. The van der Waals surface area contributed by atoms with Gasteiger partial charge in [-0.25, -0.2) is 26.0 Å². The zero-order valence-electron chi connectivity index (χ0n) is 19.7. The summed E-state index contributed by atoms with van der Waals surface area (Å²) in [6, 6.07) is 4.31. The molecule has 0 aromatic heterocycles. The van der Waals surface area contributed by atoms with E-state index in [1.165, 1.54) is 11.0 Å². The Morgan fingerprint density at radius 2 is 1.75 bits per heavy atom. The number of rotatable bonds is 7. The summed E-state index contributed by atoms with van der Waals surface area (Å²) in [5, 5.41) is 2.77. The lowest BCUT2D eigenvalue weighted by Gasteiger charge is -2.27. The van der Waals surface area contributed by atoms with Gasteiger partial charge in [0, 0.05) is 30.9 Å². The predicted molar refractivity (Wildman–Crippen MR) is 123 cm³/mol. The Morgan fingerprint density at radius 1 is 1.06 bits per heavy atom. The average molecular weight is 527 g/mol. The van der Waals surface area contributed by atoms with Gasteiger partial charge in [0.05, 0.1) is 16.5 Å². The molecule has 1 aliphatic carbocycles. The number of sulfone groups is 1. The lowest BCUT2D eigenvalue weighted by atomic mass is 9.98. The van der Waals surface area contributed by atoms with Gasteiger partial charge in [-0.3, -0.25) is 9.59 Å². The van der Waals surface area contributed by atoms with Gasteiger partial charge in [-0.05, 0) is 55.9 Å². The predicted octanol–water partition coefficient (Wildman–Crippen LogP) is 4.35. The third-order valence-electron chi connectivity index (χ3n) is 6.65. The molecule has 4 rings (SSSR count). The highest BCUT2D eigenvalue weighted by Crippen LogP contribution is 2.42. The van der Waals surface area contributed by atoms with Crippen molar-refractivity contribution in [2.24, 2.45) is 5.92 Å². The SMILES string of the molecule is CC(F)(F)c1ccc([C@H](NC(=O)[C@H]2CCCN2C(=O)c2cc(S(C)(=O)=O)ccc2F)C2CC2)c(F)c1. The standard InChI is InChI=1S/C25H26F4N2O4S/c1-25(28,29)15-7-9-17(20(27)12-15)22(14-5-6-14)30-23(32)21-4-3-11-31(21)24(33)18-13-16(36(2,34)35)8-10-19(18)26/h7-10,12-14,21-22H,3-6,11H2,1-2H3,(H,30,32)/t21-,22-/m1/s1. The highest BCUT2D eigenvalue weighted by molar-refractivity contribution is 7.90. The van der Waals surface area contributed by atoms with Gasteiger partial charge < -0.3 is 10.2 Å². The Hall–Kier alpha value is -2.95. The maximum Gasteiger partial charge on any atom is 0.270 e. The first-order valence-corrected chi connectivity index (χ1v) is 13.4. The van der Waals surface area contributed by atoms with Crippen LogP contribution in [0.25, 0.3) is 0 Å². The average Bonchev–Trinajstić information content (AvgIpc) is 3.51. The van der Waals surface area contributed by atoms with Crippen LogP contribution < -0.4 is 5.32 Å². The third kappa shape index (κ3) is 5.40. The minimum atomic E-state index is -3.69. The van der Waals surface area contributed by atoms with Crippen molar-refractivity contribution in [1.29, 1.82) is 0 Å². The van der Waals surface area contributed by atoms with Crippen LogP contribution in [0.3, 0.4) is 0 Å². The van der Waals surface area contributed by atoms with Gasteiger partial charge >= 0.3 is 0 Å². The van der Waals surface area contributed by atoms with Gasteiger partial charge in [-0.15, -0.1) is 0 Å². The number of hydrogen-bond donors (Lipinski definition) is 1. The first-order valence-electron chi connectivity index (χ1n) is 11.6. The van der Waals surface area contributed by atoms with Crippen LogP contribution in [0.5, 0.6) is 0 Å². The Balaban J connectivity index is 1.56. The fourth-order valence-electron chi connectivity index (χ4n) is 4.52. The minimum Gasteiger partial charge on any atom is -0.347 e. The van der Waals surface area contributed by atoms with Crippen molar-refractivity contribution < 1.29 is 35.6 Å². The van der Waals surface area contributed by atoms with Crippen molar-refractivity contribution in [3.8, 4) is 0 Å². The molecule has 2 fully saturated rings. The number of benzene rings is 2. The summed E-state index contributed by atoms with van der Waals surface area (Å²) in [5.74, 6) is -6.45. The quantitative estimate of drug-likeness (QED) is 0.430. The largest absolute Gasteiger partial charge is 0.347 e. The summed E-state index contributed by atoms with van der Waals surface area (Å²) in [6.07, 6.45) is 3.11. The van der Waals surface area contributed by atoms with Crippen molar-refractivity contribution in [1.82, 2.24) is 10.2 Å². The van der Waals surface area contributed by atoms with Crippen molar-refractivity contribution in [2.45, 2.75) is 55.5 Å². The summed E-state index contributed by atoms with van der Waals surface area (Å²) >= 11 is 0. The van der Waals surface area contributed by atoms with Crippen LogP contribution in [0.2, 0.25) is 0 Å². The number of amides is 2. The smallest absolute Gasteiger partial charge is 0.270 e. The van der Waals surface area contributed by atoms with Gasteiger partial charge in [-0.1, -0.05) is 12.1 Å². The van der Waals surface area contributed by atoms with Gasteiger partial charge in [0.25, 0.3) is 11.8 Å². The molecule has 1 heterocycles. The summed E-state index contributed by atoms with van der Waals surface area (Å²) in [7, 11) is -3.69. The van der Waals surface area contributed by atoms with E-state index < -0.39 is 62.4 Å². The van der Waals surface area contributed by atoms with Crippen LogP contribution in [-0.4, -0.2) is 44.0 Å². The number of likely N-dealkylation sites (tertiary alicyclic amines) is 1. The number of carbonyl (C=O) groups excluding carboxylic acids is 2. The molecule has 1 saturated carbocycles. The number of nitrogens with zero attached hydrogens (tertiary/aromatic N) is 1. The van der Waals surface area contributed by atoms with Crippen LogP contribution >= 0.6 is 0 Å². The second kappa shape index (κ2) is 9.49. The third-order valence-corrected chi connectivity index (χ3v) is 7.76. The molecule has 194 valence electrons. The number of alkyl halides is 2. The zero-order chi connectivity index (χ0) is 26.4.